The Labute approximate surface area is 110 Å². The summed E-state index contributed by atoms with van der Waals surface area (Å²) >= 11 is 0. The molecular formula is C14H13N3O2. The number of hydrogen-bond acceptors (Lipinski definition) is 4. The zero-order valence-corrected chi connectivity index (χ0v) is 10.7. The van der Waals surface area contributed by atoms with E-state index in [1.165, 1.54) is 17.7 Å². The largest absolute Gasteiger partial charge is 0.269 e. The first-order valence-electron chi connectivity index (χ1n) is 5.80. The van der Waals surface area contributed by atoms with E-state index in [1.807, 2.05) is 32.0 Å². The van der Waals surface area contributed by atoms with Crippen LogP contribution in [0.3, 0.4) is 0 Å². The van der Waals surface area contributed by atoms with Gasteiger partial charge in [-0.2, -0.15) is 10.2 Å². The summed E-state index contributed by atoms with van der Waals surface area (Å²) in [6.07, 6.45) is 0. The van der Waals surface area contributed by atoms with Crippen LogP contribution in [0.25, 0.3) is 0 Å². The van der Waals surface area contributed by atoms with E-state index in [0.29, 0.717) is 5.69 Å². The fourth-order valence-corrected chi connectivity index (χ4v) is 1.54. The Morgan fingerprint density at radius 3 is 2.05 bits per heavy atom. The lowest BCUT2D eigenvalue weighted by atomic mass is 10.1. The number of nitro groups is 1. The summed E-state index contributed by atoms with van der Waals surface area (Å²) in [5.41, 5.74) is 3.75. The highest BCUT2D eigenvalue weighted by atomic mass is 16.6. The zero-order chi connectivity index (χ0) is 13.8. The smallest absolute Gasteiger partial charge is 0.258 e. The molecule has 96 valence electrons. The maximum atomic E-state index is 10.5. The molecule has 19 heavy (non-hydrogen) atoms. The number of nitrogens with zero attached hydrogens (tertiary/aromatic N) is 3. The van der Waals surface area contributed by atoms with Gasteiger partial charge in [-0.1, -0.05) is 6.07 Å². The van der Waals surface area contributed by atoms with Crippen LogP contribution < -0.4 is 0 Å². The fourth-order valence-electron chi connectivity index (χ4n) is 1.54. The third-order valence-corrected chi connectivity index (χ3v) is 2.83. The standard InChI is InChI=1S/C14H13N3O2/c1-10-3-4-13(9-11(10)2)16-15-12-5-7-14(8-6-12)17(18)19/h3-9H,1-2H3. The molecule has 0 heterocycles. The Kier molecular flexibility index (Phi) is 3.66. The van der Waals surface area contributed by atoms with Gasteiger partial charge < -0.3 is 0 Å². The molecule has 0 unspecified atom stereocenters. The van der Waals surface area contributed by atoms with Crippen LogP contribution in [0.1, 0.15) is 11.1 Å². The van der Waals surface area contributed by atoms with E-state index >= 15 is 0 Å². The van der Waals surface area contributed by atoms with Crippen molar-refractivity contribution in [2.45, 2.75) is 13.8 Å². The minimum Gasteiger partial charge on any atom is -0.258 e. The van der Waals surface area contributed by atoms with Gasteiger partial charge >= 0.3 is 0 Å². The lowest BCUT2D eigenvalue weighted by molar-refractivity contribution is -0.384. The first kappa shape index (κ1) is 12.9. The predicted molar refractivity (Wildman–Crippen MR) is 73.2 cm³/mol. The van der Waals surface area contributed by atoms with Crippen LogP contribution in [0.4, 0.5) is 17.1 Å². The molecular weight excluding hydrogens is 242 g/mol. The topological polar surface area (TPSA) is 67.9 Å². The number of benzene rings is 2. The quantitative estimate of drug-likeness (QED) is 0.456. The summed E-state index contributed by atoms with van der Waals surface area (Å²) in [5, 5.41) is 18.7. The molecule has 0 aliphatic carbocycles. The zero-order valence-electron chi connectivity index (χ0n) is 10.7. The normalized spacial score (nSPS) is 10.8. The highest BCUT2D eigenvalue weighted by Gasteiger charge is 2.03. The molecule has 0 atom stereocenters. The average Bonchev–Trinajstić information content (AvgIpc) is 2.40. The molecule has 0 bridgehead atoms. The summed E-state index contributed by atoms with van der Waals surface area (Å²) in [4.78, 5) is 10.1. The first-order chi connectivity index (χ1) is 9.06. The molecule has 0 aromatic heterocycles. The van der Waals surface area contributed by atoms with Crippen molar-refractivity contribution in [2.75, 3.05) is 0 Å². The van der Waals surface area contributed by atoms with Crippen molar-refractivity contribution in [3.8, 4) is 0 Å². The molecule has 0 N–H and O–H groups in total. The van der Waals surface area contributed by atoms with Gasteiger partial charge in [0.25, 0.3) is 5.69 Å². The number of aryl methyl sites for hydroxylation is 2. The number of rotatable bonds is 3. The Morgan fingerprint density at radius 1 is 0.895 bits per heavy atom. The summed E-state index contributed by atoms with van der Waals surface area (Å²) in [6.45, 7) is 4.05. The van der Waals surface area contributed by atoms with Crippen molar-refractivity contribution in [3.63, 3.8) is 0 Å². The molecule has 0 amide bonds. The van der Waals surface area contributed by atoms with Crippen molar-refractivity contribution >= 4 is 17.1 Å². The highest BCUT2D eigenvalue weighted by Crippen LogP contribution is 2.22. The highest BCUT2D eigenvalue weighted by molar-refractivity contribution is 5.46. The Balaban J connectivity index is 2.17. The van der Waals surface area contributed by atoms with E-state index in [4.69, 9.17) is 0 Å². The van der Waals surface area contributed by atoms with Crippen LogP contribution in [0, 0.1) is 24.0 Å². The summed E-state index contributed by atoms with van der Waals surface area (Å²) in [6, 6.07) is 11.8. The second kappa shape index (κ2) is 5.39. The minimum absolute atomic E-state index is 0.0464. The van der Waals surface area contributed by atoms with Crippen LogP contribution in [-0.4, -0.2) is 4.92 Å². The first-order valence-corrected chi connectivity index (χ1v) is 5.80. The van der Waals surface area contributed by atoms with Crippen LogP contribution in [-0.2, 0) is 0 Å². The molecule has 2 aromatic carbocycles. The Bertz CT molecular complexity index is 634. The SMILES string of the molecule is Cc1ccc(N=Nc2ccc([N+](=O)[O-])cc2)cc1C. The van der Waals surface area contributed by atoms with E-state index in [0.717, 1.165) is 11.3 Å². The molecule has 2 rings (SSSR count). The van der Waals surface area contributed by atoms with Crippen molar-refractivity contribution < 1.29 is 4.92 Å². The molecule has 0 saturated heterocycles. The van der Waals surface area contributed by atoms with Crippen LogP contribution in [0.2, 0.25) is 0 Å². The van der Waals surface area contributed by atoms with Gasteiger partial charge in [-0.25, -0.2) is 0 Å². The molecule has 5 heteroatoms. The maximum Gasteiger partial charge on any atom is 0.269 e. The Hall–Kier alpha value is -2.56. The van der Waals surface area contributed by atoms with Gasteiger partial charge in [-0.3, -0.25) is 10.1 Å². The van der Waals surface area contributed by atoms with Gasteiger partial charge in [0.1, 0.15) is 0 Å². The minimum atomic E-state index is -0.440. The molecule has 0 radical (unpaired) electrons. The third kappa shape index (κ3) is 3.22. The summed E-state index contributed by atoms with van der Waals surface area (Å²) in [7, 11) is 0. The lowest BCUT2D eigenvalue weighted by Crippen LogP contribution is -1.85. The summed E-state index contributed by atoms with van der Waals surface area (Å²) < 4.78 is 0. The van der Waals surface area contributed by atoms with Gasteiger partial charge in [0.05, 0.1) is 16.3 Å². The molecule has 5 nitrogen and oxygen atoms in total. The third-order valence-electron chi connectivity index (χ3n) is 2.83. The van der Waals surface area contributed by atoms with E-state index in [9.17, 15) is 10.1 Å². The van der Waals surface area contributed by atoms with E-state index in [2.05, 4.69) is 10.2 Å². The molecule has 0 aliphatic rings. The van der Waals surface area contributed by atoms with Gasteiger partial charge in [0, 0.05) is 12.1 Å². The lowest BCUT2D eigenvalue weighted by Gasteiger charge is -1.99. The van der Waals surface area contributed by atoms with Gasteiger partial charge in [0.15, 0.2) is 0 Å². The van der Waals surface area contributed by atoms with Crippen molar-refractivity contribution in [2.24, 2.45) is 10.2 Å². The van der Waals surface area contributed by atoms with E-state index in [1.54, 1.807) is 12.1 Å². The van der Waals surface area contributed by atoms with Crippen molar-refractivity contribution in [1.29, 1.82) is 0 Å². The second-order valence-corrected chi connectivity index (χ2v) is 4.24. The van der Waals surface area contributed by atoms with Gasteiger partial charge in [-0.05, 0) is 49.2 Å². The van der Waals surface area contributed by atoms with Gasteiger partial charge in [-0.15, -0.1) is 0 Å². The summed E-state index contributed by atoms with van der Waals surface area (Å²) in [5.74, 6) is 0. The number of hydrogen-bond donors (Lipinski definition) is 0. The second-order valence-electron chi connectivity index (χ2n) is 4.24. The van der Waals surface area contributed by atoms with Crippen molar-refractivity contribution in [3.05, 3.63) is 63.7 Å². The van der Waals surface area contributed by atoms with Crippen molar-refractivity contribution in [1.82, 2.24) is 0 Å². The van der Waals surface area contributed by atoms with E-state index < -0.39 is 4.92 Å². The molecule has 0 saturated carbocycles. The van der Waals surface area contributed by atoms with Crippen LogP contribution >= 0.6 is 0 Å². The maximum absolute atomic E-state index is 10.5. The number of non-ortho nitro benzene ring substituents is 1. The molecule has 0 fully saturated rings. The number of nitro benzene ring substituents is 1. The van der Waals surface area contributed by atoms with Crippen LogP contribution in [0.15, 0.2) is 52.7 Å². The molecule has 0 aliphatic heterocycles. The monoisotopic (exact) mass is 255 g/mol. The van der Waals surface area contributed by atoms with E-state index in [-0.39, 0.29) is 5.69 Å². The Morgan fingerprint density at radius 2 is 1.47 bits per heavy atom. The molecule has 0 spiro atoms. The number of azo groups is 1. The average molecular weight is 255 g/mol. The van der Waals surface area contributed by atoms with Crippen LogP contribution in [0.5, 0.6) is 0 Å². The predicted octanol–water partition coefficient (Wildman–Crippen LogP) is 4.63. The van der Waals surface area contributed by atoms with Gasteiger partial charge in [0.2, 0.25) is 0 Å². The molecule has 2 aromatic rings. The fraction of sp³-hybridized carbons (Fsp3) is 0.143.